The van der Waals surface area contributed by atoms with Crippen LogP contribution in [0, 0.1) is 13.8 Å². The van der Waals surface area contributed by atoms with Gasteiger partial charge in [-0.3, -0.25) is 9.97 Å². The number of para-hydroxylation sites is 2. The first-order chi connectivity index (χ1) is 16.8. The van der Waals surface area contributed by atoms with Crippen molar-refractivity contribution in [1.82, 2.24) is 9.97 Å². The zero-order valence-corrected chi connectivity index (χ0v) is 22.2. The van der Waals surface area contributed by atoms with E-state index >= 15 is 0 Å². The van der Waals surface area contributed by atoms with Gasteiger partial charge in [0.2, 0.25) is 0 Å². The molecule has 0 N–H and O–H groups in total. The van der Waals surface area contributed by atoms with Gasteiger partial charge in [0.1, 0.15) is 0 Å². The van der Waals surface area contributed by atoms with Crippen LogP contribution in [-0.2, 0) is 15.9 Å². The molecule has 2 aromatic carbocycles. The van der Waals surface area contributed by atoms with Crippen LogP contribution in [0.5, 0.6) is 0 Å². The van der Waals surface area contributed by atoms with Crippen LogP contribution in [0.4, 0.5) is 0 Å². The third-order valence-electron chi connectivity index (χ3n) is 5.34. The number of ether oxygens (including phenoxy) is 2. The van der Waals surface area contributed by atoms with Crippen molar-refractivity contribution in [1.29, 1.82) is 0 Å². The van der Waals surface area contributed by atoms with Gasteiger partial charge in [-0.1, -0.05) is 37.3 Å². The van der Waals surface area contributed by atoms with Crippen molar-refractivity contribution in [3.8, 4) is 0 Å². The molecule has 35 heavy (non-hydrogen) atoms. The minimum absolute atomic E-state index is 0.277. The molecule has 0 bridgehead atoms. The molecule has 0 aliphatic carbocycles. The van der Waals surface area contributed by atoms with Gasteiger partial charge in [0.25, 0.3) is 0 Å². The van der Waals surface area contributed by atoms with Crippen molar-refractivity contribution >= 4 is 49.7 Å². The second kappa shape index (κ2) is 11.9. The van der Waals surface area contributed by atoms with E-state index in [9.17, 15) is 9.59 Å². The van der Waals surface area contributed by atoms with Gasteiger partial charge in [0.05, 0.1) is 35.4 Å². The number of rotatable bonds is 5. The Kier molecular flexibility index (Phi) is 8.93. The third kappa shape index (κ3) is 6.03. The van der Waals surface area contributed by atoms with Crippen LogP contribution in [0.1, 0.15) is 58.4 Å². The van der Waals surface area contributed by atoms with Crippen molar-refractivity contribution in [2.45, 2.75) is 41.0 Å². The standard InChI is InChI=1S/C15H17NO2.C13H12BrNO2/c1-4-11-7-6-8-12-13(15(17)18-5-2)9-10(3)16-14(11)12;1-3-17-13(16)10-7-8(2)15-12-9(10)5-4-6-11(12)14/h6-9H,4-5H2,1-3H3;4-7H,3H2,1-2H3. The Morgan fingerprint density at radius 2 is 1.26 bits per heavy atom. The molecule has 0 saturated heterocycles. The molecule has 2 aromatic heterocycles. The predicted octanol–water partition coefficient (Wildman–Crippen LogP) is 6.76. The first-order valence-electron chi connectivity index (χ1n) is 11.6. The zero-order chi connectivity index (χ0) is 25.5. The highest BCUT2D eigenvalue weighted by molar-refractivity contribution is 9.10. The number of carbonyl (C=O) groups is 2. The summed E-state index contributed by atoms with van der Waals surface area (Å²) in [5, 5.41) is 1.68. The lowest BCUT2D eigenvalue weighted by atomic mass is 10.0. The average molecular weight is 537 g/mol. The maximum atomic E-state index is 12.0. The SMILES string of the molecule is CCOC(=O)c1cc(C)nc2c(Br)cccc12.CCOC(=O)c1cc(C)nc2c(CC)cccc12. The predicted molar refractivity (Wildman–Crippen MR) is 142 cm³/mol. The van der Waals surface area contributed by atoms with Gasteiger partial charge < -0.3 is 9.47 Å². The summed E-state index contributed by atoms with van der Waals surface area (Å²) in [6.45, 7) is 10.2. The lowest BCUT2D eigenvalue weighted by Gasteiger charge is -2.09. The van der Waals surface area contributed by atoms with E-state index in [0.717, 1.165) is 49.7 Å². The lowest BCUT2D eigenvalue weighted by molar-refractivity contribution is 0.0519. The molecule has 4 aromatic rings. The second-order valence-corrected chi connectivity index (χ2v) is 8.72. The minimum Gasteiger partial charge on any atom is -0.462 e. The van der Waals surface area contributed by atoms with E-state index < -0.39 is 0 Å². The van der Waals surface area contributed by atoms with Crippen molar-refractivity contribution in [2.24, 2.45) is 0 Å². The molecule has 0 spiro atoms. The molecule has 0 aliphatic heterocycles. The summed E-state index contributed by atoms with van der Waals surface area (Å²) in [6.07, 6.45) is 0.899. The quantitative estimate of drug-likeness (QED) is 0.262. The molecular formula is C28H29BrN2O4. The van der Waals surface area contributed by atoms with E-state index in [1.165, 1.54) is 0 Å². The van der Waals surface area contributed by atoms with Crippen LogP contribution in [0.15, 0.2) is 53.0 Å². The number of nitrogens with zero attached hydrogens (tertiary/aromatic N) is 2. The first-order valence-corrected chi connectivity index (χ1v) is 12.4. The average Bonchev–Trinajstić information content (AvgIpc) is 2.84. The summed E-state index contributed by atoms with van der Waals surface area (Å²) in [6, 6.07) is 15.1. The number of hydrogen-bond acceptors (Lipinski definition) is 6. The molecule has 0 unspecified atom stereocenters. The van der Waals surface area contributed by atoms with Gasteiger partial charge in [-0.05, 0) is 73.8 Å². The Morgan fingerprint density at radius 3 is 1.77 bits per heavy atom. The molecule has 0 atom stereocenters. The fraction of sp³-hybridized carbons (Fsp3) is 0.286. The number of halogens is 1. The molecule has 0 amide bonds. The molecule has 7 heteroatoms. The van der Waals surface area contributed by atoms with E-state index in [1.54, 1.807) is 19.1 Å². The molecular weight excluding hydrogens is 508 g/mol. The van der Waals surface area contributed by atoms with E-state index in [0.29, 0.717) is 24.3 Å². The molecule has 0 radical (unpaired) electrons. The zero-order valence-electron chi connectivity index (χ0n) is 20.6. The largest absolute Gasteiger partial charge is 0.462 e. The number of carbonyl (C=O) groups excluding carboxylic acids is 2. The van der Waals surface area contributed by atoms with Crippen LogP contribution in [0.25, 0.3) is 21.8 Å². The number of hydrogen-bond donors (Lipinski definition) is 0. The lowest BCUT2D eigenvalue weighted by Crippen LogP contribution is -2.07. The summed E-state index contributed by atoms with van der Waals surface area (Å²) >= 11 is 3.44. The van der Waals surface area contributed by atoms with Gasteiger partial charge in [0, 0.05) is 26.6 Å². The van der Waals surface area contributed by atoms with Gasteiger partial charge in [-0.15, -0.1) is 0 Å². The van der Waals surface area contributed by atoms with Gasteiger partial charge in [-0.2, -0.15) is 0 Å². The molecule has 0 saturated carbocycles. The summed E-state index contributed by atoms with van der Waals surface area (Å²) in [5.74, 6) is -0.581. The van der Waals surface area contributed by atoms with Gasteiger partial charge in [0.15, 0.2) is 0 Å². The number of benzene rings is 2. The molecule has 0 aliphatic rings. The molecule has 182 valence electrons. The van der Waals surface area contributed by atoms with Gasteiger partial charge >= 0.3 is 11.9 Å². The minimum atomic E-state index is -0.305. The van der Waals surface area contributed by atoms with Crippen molar-refractivity contribution in [3.63, 3.8) is 0 Å². The number of fused-ring (bicyclic) bond motifs is 2. The Bertz CT molecular complexity index is 1380. The molecule has 6 nitrogen and oxygen atoms in total. The third-order valence-corrected chi connectivity index (χ3v) is 5.98. The Hall–Kier alpha value is -3.32. The van der Waals surface area contributed by atoms with Crippen molar-refractivity contribution < 1.29 is 19.1 Å². The fourth-order valence-corrected chi connectivity index (χ4v) is 4.27. The highest BCUT2D eigenvalue weighted by Gasteiger charge is 2.15. The summed E-state index contributed by atoms with van der Waals surface area (Å²) in [5.41, 5.74) is 5.66. The first kappa shape index (κ1) is 26.3. The normalized spacial score (nSPS) is 10.6. The van der Waals surface area contributed by atoms with Crippen LogP contribution in [-0.4, -0.2) is 35.1 Å². The topological polar surface area (TPSA) is 78.4 Å². The number of aromatic nitrogens is 2. The smallest absolute Gasteiger partial charge is 0.338 e. The van der Waals surface area contributed by atoms with Crippen molar-refractivity contribution in [3.05, 3.63) is 81.1 Å². The number of pyridine rings is 2. The van der Waals surface area contributed by atoms with Crippen LogP contribution >= 0.6 is 15.9 Å². The monoisotopic (exact) mass is 536 g/mol. The van der Waals surface area contributed by atoms with Crippen molar-refractivity contribution in [2.75, 3.05) is 13.2 Å². The Morgan fingerprint density at radius 1 is 0.771 bits per heavy atom. The fourth-order valence-electron chi connectivity index (χ4n) is 3.82. The van der Waals surface area contributed by atoms with Gasteiger partial charge in [-0.25, -0.2) is 9.59 Å². The van der Waals surface area contributed by atoms with Crippen LogP contribution < -0.4 is 0 Å². The Balaban J connectivity index is 0.000000196. The Labute approximate surface area is 213 Å². The van der Waals surface area contributed by atoms with Crippen LogP contribution in [0.3, 0.4) is 0 Å². The maximum absolute atomic E-state index is 12.0. The van der Waals surface area contributed by atoms with E-state index in [2.05, 4.69) is 32.8 Å². The molecule has 0 fully saturated rings. The molecule has 4 rings (SSSR count). The van der Waals surface area contributed by atoms with Crippen LogP contribution in [0.2, 0.25) is 0 Å². The maximum Gasteiger partial charge on any atom is 0.338 e. The highest BCUT2D eigenvalue weighted by Crippen LogP contribution is 2.26. The van der Waals surface area contributed by atoms with E-state index in [1.807, 2.05) is 57.2 Å². The van der Waals surface area contributed by atoms with E-state index in [4.69, 9.17) is 9.47 Å². The summed E-state index contributed by atoms with van der Waals surface area (Å²) < 4.78 is 11.0. The second-order valence-electron chi connectivity index (χ2n) is 7.87. The molecule has 2 heterocycles. The number of aryl methyl sites for hydroxylation is 3. The number of esters is 2. The highest BCUT2D eigenvalue weighted by atomic mass is 79.9. The summed E-state index contributed by atoms with van der Waals surface area (Å²) in [4.78, 5) is 32.8. The van der Waals surface area contributed by atoms with E-state index in [-0.39, 0.29) is 11.9 Å². The summed E-state index contributed by atoms with van der Waals surface area (Å²) in [7, 11) is 0.